The molecule has 0 bridgehead atoms. The van der Waals surface area contributed by atoms with Crippen LogP contribution in [0, 0.1) is 11.6 Å². The van der Waals surface area contributed by atoms with E-state index >= 15 is 0 Å². The smallest absolute Gasteiger partial charge is 0.407 e. The van der Waals surface area contributed by atoms with Gasteiger partial charge in [-0.1, -0.05) is 23.2 Å². The SMILES string of the molecule is O=C1NC2(CCN(c3sc4c(F)c(F)cc(Cl)c4c3Cl)C2)CO1. The molecule has 2 aliphatic heterocycles. The molecule has 4 rings (SSSR count). The van der Waals surface area contributed by atoms with Gasteiger partial charge in [-0.05, 0) is 12.5 Å². The van der Waals surface area contributed by atoms with Crippen LogP contribution >= 0.6 is 34.5 Å². The number of ether oxygens (including phenoxy) is 1. The van der Waals surface area contributed by atoms with Crippen LogP contribution in [0.2, 0.25) is 10.0 Å². The minimum absolute atomic E-state index is 0.0813. The monoisotopic (exact) mass is 378 g/mol. The summed E-state index contributed by atoms with van der Waals surface area (Å²) in [7, 11) is 0. The zero-order valence-electron chi connectivity index (χ0n) is 11.6. The quantitative estimate of drug-likeness (QED) is 0.757. The van der Waals surface area contributed by atoms with Gasteiger partial charge in [-0.3, -0.25) is 0 Å². The van der Waals surface area contributed by atoms with Crippen molar-refractivity contribution in [2.45, 2.75) is 12.0 Å². The first-order valence-electron chi connectivity index (χ1n) is 6.86. The molecule has 0 radical (unpaired) electrons. The van der Waals surface area contributed by atoms with Crippen LogP contribution < -0.4 is 10.2 Å². The van der Waals surface area contributed by atoms with Gasteiger partial charge in [0, 0.05) is 18.5 Å². The summed E-state index contributed by atoms with van der Waals surface area (Å²) in [6.45, 7) is 1.40. The Bertz CT molecular complexity index is 844. The number of rotatable bonds is 1. The molecule has 0 aliphatic carbocycles. The van der Waals surface area contributed by atoms with Crippen LogP contribution in [0.15, 0.2) is 6.07 Å². The van der Waals surface area contributed by atoms with Crippen molar-refractivity contribution in [2.75, 3.05) is 24.6 Å². The Kier molecular flexibility index (Phi) is 3.37. The summed E-state index contributed by atoms with van der Waals surface area (Å²) >= 11 is 13.4. The highest BCUT2D eigenvalue weighted by Crippen LogP contribution is 2.48. The van der Waals surface area contributed by atoms with Crippen molar-refractivity contribution in [1.82, 2.24) is 5.32 Å². The lowest BCUT2D eigenvalue weighted by Crippen LogP contribution is -2.45. The second kappa shape index (κ2) is 5.09. The minimum atomic E-state index is -0.999. The number of nitrogens with one attached hydrogen (secondary N) is 1. The highest BCUT2D eigenvalue weighted by molar-refractivity contribution is 7.23. The van der Waals surface area contributed by atoms with Crippen LogP contribution in [0.25, 0.3) is 10.1 Å². The van der Waals surface area contributed by atoms with Crippen LogP contribution in [-0.4, -0.2) is 31.3 Å². The normalized spacial score (nSPS) is 23.8. The second-order valence-electron chi connectivity index (χ2n) is 5.73. The molecule has 1 unspecified atom stereocenters. The fourth-order valence-corrected chi connectivity index (χ4v) is 5.13. The van der Waals surface area contributed by atoms with Gasteiger partial charge in [-0.25, -0.2) is 13.6 Å². The molecule has 2 fully saturated rings. The van der Waals surface area contributed by atoms with E-state index in [1.54, 1.807) is 0 Å². The molecule has 23 heavy (non-hydrogen) atoms. The van der Waals surface area contributed by atoms with Gasteiger partial charge in [0.25, 0.3) is 0 Å². The molecule has 4 nitrogen and oxygen atoms in total. The van der Waals surface area contributed by atoms with Gasteiger partial charge in [0.05, 0.1) is 20.3 Å². The summed E-state index contributed by atoms with van der Waals surface area (Å²) in [5, 5.41) is 4.13. The molecule has 1 N–H and O–H groups in total. The largest absolute Gasteiger partial charge is 0.447 e. The average Bonchev–Trinajstić information content (AvgIpc) is 3.16. The van der Waals surface area contributed by atoms with Gasteiger partial charge in [-0.2, -0.15) is 0 Å². The minimum Gasteiger partial charge on any atom is -0.447 e. The molecule has 2 aliphatic rings. The number of carbonyl (C=O) groups excluding carboxylic acids is 1. The first-order chi connectivity index (χ1) is 10.9. The number of anilines is 1. The Hall–Kier alpha value is -1.31. The first kappa shape index (κ1) is 15.2. The van der Waals surface area contributed by atoms with E-state index in [0.29, 0.717) is 34.9 Å². The predicted octanol–water partition coefficient (Wildman–Crippen LogP) is 4.18. The zero-order chi connectivity index (χ0) is 16.4. The van der Waals surface area contributed by atoms with Crippen molar-refractivity contribution in [3.63, 3.8) is 0 Å². The van der Waals surface area contributed by atoms with E-state index in [-0.39, 0.29) is 16.3 Å². The van der Waals surface area contributed by atoms with Crippen LogP contribution in [-0.2, 0) is 4.74 Å². The number of cyclic esters (lactones) is 1. The summed E-state index contributed by atoms with van der Waals surface area (Å²) in [5.74, 6) is -1.95. The fraction of sp³-hybridized carbons (Fsp3) is 0.357. The second-order valence-corrected chi connectivity index (χ2v) is 7.52. The topological polar surface area (TPSA) is 41.6 Å². The maximum absolute atomic E-state index is 14.0. The van der Waals surface area contributed by atoms with Crippen LogP contribution in [0.1, 0.15) is 6.42 Å². The summed E-state index contributed by atoms with van der Waals surface area (Å²) in [6, 6.07) is 0.929. The van der Waals surface area contributed by atoms with Crippen molar-refractivity contribution in [3.8, 4) is 0 Å². The molecule has 1 aromatic heterocycles. The van der Waals surface area contributed by atoms with Crippen molar-refractivity contribution >= 4 is 55.7 Å². The molecule has 1 spiro atoms. The number of carbonyl (C=O) groups is 1. The van der Waals surface area contributed by atoms with E-state index in [2.05, 4.69) is 5.32 Å². The molecular weight excluding hydrogens is 369 g/mol. The van der Waals surface area contributed by atoms with Gasteiger partial charge < -0.3 is 15.0 Å². The van der Waals surface area contributed by atoms with Crippen molar-refractivity contribution in [2.24, 2.45) is 0 Å². The van der Waals surface area contributed by atoms with Crippen molar-refractivity contribution < 1.29 is 18.3 Å². The van der Waals surface area contributed by atoms with E-state index in [0.717, 1.165) is 17.4 Å². The number of hydrogen-bond donors (Lipinski definition) is 1. The predicted molar refractivity (Wildman–Crippen MR) is 85.8 cm³/mol. The molecule has 3 heterocycles. The highest BCUT2D eigenvalue weighted by atomic mass is 35.5. The molecular formula is C14H10Cl2F2N2O2S. The Labute approximate surface area is 143 Å². The Balaban J connectivity index is 1.76. The summed E-state index contributed by atoms with van der Waals surface area (Å²) < 4.78 is 32.6. The zero-order valence-corrected chi connectivity index (χ0v) is 13.9. The Morgan fingerprint density at radius 1 is 1.39 bits per heavy atom. The molecule has 0 saturated carbocycles. The lowest BCUT2D eigenvalue weighted by Gasteiger charge is -2.21. The number of benzene rings is 1. The third-order valence-corrected chi connectivity index (χ3v) is 6.24. The van der Waals surface area contributed by atoms with E-state index < -0.39 is 23.3 Å². The van der Waals surface area contributed by atoms with E-state index in [1.807, 2.05) is 4.90 Å². The number of amides is 1. The van der Waals surface area contributed by atoms with Crippen molar-refractivity contribution in [1.29, 1.82) is 0 Å². The first-order valence-corrected chi connectivity index (χ1v) is 8.43. The number of thiophene rings is 1. The standard InChI is InChI=1S/C14H10Cl2F2N2O2S/c15-6-3-7(17)10(18)11-8(6)9(16)12(23-11)20-2-1-14(4-20)5-22-13(21)19-14/h3H,1-2,4-5H2,(H,19,21). The van der Waals surface area contributed by atoms with E-state index in [9.17, 15) is 13.6 Å². The van der Waals surface area contributed by atoms with Gasteiger partial charge in [-0.15, -0.1) is 11.3 Å². The van der Waals surface area contributed by atoms with Crippen LogP contribution in [0.5, 0.6) is 0 Å². The lowest BCUT2D eigenvalue weighted by molar-refractivity contribution is 0.173. The fourth-order valence-electron chi connectivity index (χ4n) is 3.08. The Morgan fingerprint density at radius 3 is 2.87 bits per heavy atom. The van der Waals surface area contributed by atoms with E-state index in [1.165, 1.54) is 0 Å². The third kappa shape index (κ3) is 2.25. The maximum Gasteiger partial charge on any atom is 0.407 e. The van der Waals surface area contributed by atoms with Crippen molar-refractivity contribution in [3.05, 3.63) is 27.7 Å². The molecule has 1 aromatic carbocycles. The highest BCUT2D eigenvalue weighted by Gasteiger charge is 2.46. The molecule has 1 amide bonds. The van der Waals surface area contributed by atoms with Gasteiger partial charge >= 0.3 is 6.09 Å². The third-order valence-electron chi connectivity index (χ3n) is 4.22. The number of alkyl carbamates (subject to hydrolysis) is 1. The maximum atomic E-state index is 14.0. The summed E-state index contributed by atoms with van der Waals surface area (Å²) in [5.41, 5.74) is -0.454. The van der Waals surface area contributed by atoms with Gasteiger partial charge in [0.2, 0.25) is 0 Å². The average molecular weight is 379 g/mol. The number of hydrogen-bond acceptors (Lipinski definition) is 4. The van der Waals surface area contributed by atoms with E-state index in [4.69, 9.17) is 27.9 Å². The van der Waals surface area contributed by atoms with Crippen LogP contribution in [0.4, 0.5) is 18.6 Å². The molecule has 1 atom stereocenters. The van der Waals surface area contributed by atoms with Gasteiger partial charge in [0.15, 0.2) is 11.6 Å². The molecule has 9 heteroatoms. The molecule has 122 valence electrons. The summed E-state index contributed by atoms with van der Waals surface area (Å²) in [4.78, 5) is 13.2. The number of nitrogens with zero attached hydrogens (tertiary/aromatic N) is 1. The molecule has 2 aromatic rings. The number of fused-ring (bicyclic) bond motifs is 1. The molecule has 2 saturated heterocycles. The van der Waals surface area contributed by atoms with Crippen LogP contribution in [0.3, 0.4) is 0 Å². The summed E-state index contributed by atoms with van der Waals surface area (Å²) in [6.07, 6.45) is 0.249. The van der Waals surface area contributed by atoms with Gasteiger partial charge in [0.1, 0.15) is 11.6 Å². The lowest BCUT2D eigenvalue weighted by atomic mass is 10.0. The number of halogens is 4. The Morgan fingerprint density at radius 2 is 2.17 bits per heavy atom.